The zero-order valence-electron chi connectivity index (χ0n) is 13.2. The van der Waals surface area contributed by atoms with Crippen molar-refractivity contribution in [1.29, 1.82) is 0 Å². The van der Waals surface area contributed by atoms with E-state index in [-0.39, 0.29) is 12.5 Å². The molecule has 0 aromatic heterocycles. The summed E-state index contributed by atoms with van der Waals surface area (Å²) in [7, 11) is 1.49. The van der Waals surface area contributed by atoms with Gasteiger partial charge in [0.25, 0.3) is 0 Å². The van der Waals surface area contributed by atoms with Crippen LogP contribution in [0.5, 0.6) is 0 Å². The summed E-state index contributed by atoms with van der Waals surface area (Å²) in [5, 5.41) is 11.7. The van der Waals surface area contributed by atoms with Crippen molar-refractivity contribution in [3.8, 4) is 0 Å². The van der Waals surface area contributed by atoms with E-state index in [1.807, 2.05) is 0 Å². The number of carboxylic acids is 1. The molecule has 1 saturated heterocycles. The first-order valence-corrected chi connectivity index (χ1v) is 7.15. The van der Waals surface area contributed by atoms with Gasteiger partial charge in [-0.15, -0.1) is 0 Å². The molecule has 0 aliphatic carbocycles. The van der Waals surface area contributed by atoms with Crippen molar-refractivity contribution >= 4 is 17.9 Å². The lowest BCUT2D eigenvalue weighted by atomic mass is 9.87. The number of carbonyl (C=O) groups excluding carboxylic acids is 2. The molecular weight excluding hydrogens is 274 g/mol. The summed E-state index contributed by atoms with van der Waals surface area (Å²) in [4.78, 5) is 38.2. The van der Waals surface area contributed by atoms with Crippen molar-refractivity contribution in [2.75, 3.05) is 26.7 Å². The number of rotatable bonds is 4. The SMILES string of the molecule is CN(CC(=O)N1CCCC1)C(=O)NC(C(=O)O)C(C)(C)C. The second-order valence-corrected chi connectivity index (χ2v) is 6.53. The second kappa shape index (κ2) is 6.78. The lowest BCUT2D eigenvalue weighted by molar-refractivity contribution is -0.142. The Morgan fingerprint density at radius 2 is 1.76 bits per heavy atom. The van der Waals surface area contributed by atoms with Gasteiger partial charge in [-0.1, -0.05) is 20.8 Å². The maximum absolute atomic E-state index is 12.0. The minimum Gasteiger partial charge on any atom is -0.480 e. The van der Waals surface area contributed by atoms with E-state index < -0.39 is 23.5 Å². The summed E-state index contributed by atoms with van der Waals surface area (Å²) >= 11 is 0. The van der Waals surface area contributed by atoms with E-state index in [0.717, 1.165) is 25.9 Å². The molecule has 120 valence electrons. The highest BCUT2D eigenvalue weighted by Crippen LogP contribution is 2.19. The summed E-state index contributed by atoms with van der Waals surface area (Å²) in [5.74, 6) is -1.19. The Morgan fingerprint density at radius 3 is 2.19 bits per heavy atom. The smallest absolute Gasteiger partial charge is 0.326 e. The van der Waals surface area contributed by atoms with Crippen LogP contribution in [0.25, 0.3) is 0 Å². The van der Waals surface area contributed by atoms with Crippen LogP contribution in [0.3, 0.4) is 0 Å². The van der Waals surface area contributed by atoms with Gasteiger partial charge >= 0.3 is 12.0 Å². The van der Waals surface area contributed by atoms with E-state index in [9.17, 15) is 19.5 Å². The zero-order chi connectivity index (χ0) is 16.2. The zero-order valence-corrected chi connectivity index (χ0v) is 13.2. The van der Waals surface area contributed by atoms with Crippen LogP contribution in [-0.2, 0) is 9.59 Å². The van der Waals surface area contributed by atoms with Gasteiger partial charge in [0.1, 0.15) is 12.6 Å². The molecule has 0 aromatic rings. The number of likely N-dealkylation sites (N-methyl/N-ethyl adjacent to an activating group) is 1. The van der Waals surface area contributed by atoms with Crippen molar-refractivity contribution in [2.24, 2.45) is 5.41 Å². The number of likely N-dealkylation sites (tertiary alicyclic amines) is 1. The highest BCUT2D eigenvalue weighted by atomic mass is 16.4. The van der Waals surface area contributed by atoms with Gasteiger partial charge in [-0.25, -0.2) is 9.59 Å². The number of aliphatic carboxylic acids is 1. The molecule has 1 fully saturated rings. The quantitative estimate of drug-likeness (QED) is 0.801. The molecule has 1 heterocycles. The molecule has 1 unspecified atom stereocenters. The second-order valence-electron chi connectivity index (χ2n) is 6.53. The molecule has 0 bridgehead atoms. The number of hydrogen-bond donors (Lipinski definition) is 2. The van der Waals surface area contributed by atoms with E-state index in [1.54, 1.807) is 25.7 Å². The lowest BCUT2D eigenvalue weighted by Crippen LogP contribution is -2.53. The third-order valence-electron chi connectivity index (χ3n) is 3.56. The first-order valence-electron chi connectivity index (χ1n) is 7.15. The van der Waals surface area contributed by atoms with Gasteiger partial charge in [-0.2, -0.15) is 0 Å². The summed E-state index contributed by atoms with van der Waals surface area (Å²) in [6.45, 7) is 6.63. The molecule has 21 heavy (non-hydrogen) atoms. The van der Waals surface area contributed by atoms with Crippen LogP contribution < -0.4 is 5.32 Å². The maximum atomic E-state index is 12.0. The lowest BCUT2D eigenvalue weighted by Gasteiger charge is -2.30. The number of nitrogens with zero attached hydrogens (tertiary/aromatic N) is 2. The van der Waals surface area contributed by atoms with Gasteiger partial charge in [0.05, 0.1) is 0 Å². The van der Waals surface area contributed by atoms with Gasteiger partial charge in [0.15, 0.2) is 0 Å². The van der Waals surface area contributed by atoms with Crippen molar-refractivity contribution in [3.05, 3.63) is 0 Å². The molecule has 7 nitrogen and oxygen atoms in total. The Balaban J connectivity index is 2.57. The van der Waals surface area contributed by atoms with E-state index in [1.165, 1.54) is 11.9 Å². The number of nitrogens with one attached hydrogen (secondary N) is 1. The average Bonchev–Trinajstić information content (AvgIpc) is 2.87. The summed E-state index contributed by atoms with van der Waals surface area (Å²) in [6, 6.07) is -1.56. The van der Waals surface area contributed by atoms with Crippen LogP contribution in [0.1, 0.15) is 33.6 Å². The van der Waals surface area contributed by atoms with Crippen molar-refractivity contribution in [1.82, 2.24) is 15.1 Å². The van der Waals surface area contributed by atoms with Gasteiger partial charge in [0.2, 0.25) is 5.91 Å². The Kier molecular flexibility index (Phi) is 5.57. The summed E-state index contributed by atoms with van der Waals surface area (Å²) in [5.41, 5.74) is -0.610. The van der Waals surface area contributed by atoms with Gasteiger partial charge in [-0.05, 0) is 18.3 Å². The summed E-state index contributed by atoms with van der Waals surface area (Å²) in [6.07, 6.45) is 1.99. The molecule has 7 heteroatoms. The van der Waals surface area contributed by atoms with E-state index in [2.05, 4.69) is 5.32 Å². The topological polar surface area (TPSA) is 90.0 Å². The molecule has 1 aliphatic rings. The molecular formula is C14H25N3O4. The fourth-order valence-corrected chi connectivity index (χ4v) is 2.22. The van der Waals surface area contributed by atoms with Crippen LogP contribution in [0, 0.1) is 5.41 Å². The molecule has 1 aliphatic heterocycles. The largest absolute Gasteiger partial charge is 0.480 e. The Morgan fingerprint density at radius 1 is 1.24 bits per heavy atom. The third kappa shape index (κ3) is 4.91. The number of carboxylic acid groups (broad SMARTS) is 1. The molecule has 1 rings (SSSR count). The van der Waals surface area contributed by atoms with Crippen molar-refractivity contribution in [3.63, 3.8) is 0 Å². The highest BCUT2D eigenvalue weighted by Gasteiger charge is 2.33. The molecule has 0 radical (unpaired) electrons. The Labute approximate surface area is 125 Å². The minimum absolute atomic E-state index is 0.0394. The molecule has 0 spiro atoms. The minimum atomic E-state index is -1.09. The van der Waals surface area contributed by atoms with Gasteiger partial charge in [0, 0.05) is 20.1 Å². The highest BCUT2D eigenvalue weighted by molar-refractivity contribution is 5.87. The van der Waals surface area contributed by atoms with Crippen LogP contribution >= 0.6 is 0 Å². The van der Waals surface area contributed by atoms with Gasteiger partial charge in [-0.3, -0.25) is 4.79 Å². The molecule has 0 aromatic carbocycles. The Bertz CT molecular complexity index is 411. The predicted octanol–water partition coefficient (Wildman–Crippen LogP) is 0.750. The average molecular weight is 299 g/mol. The number of hydrogen-bond acceptors (Lipinski definition) is 3. The van der Waals surface area contributed by atoms with E-state index in [0.29, 0.717) is 0 Å². The van der Waals surface area contributed by atoms with Crippen LogP contribution in [-0.4, -0.2) is 65.5 Å². The first kappa shape index (κ1) is 17.3. The van der Waals surface area contributed by atoms with Crippen molar-refractivity contribution < 1.29 is 19.5 Å². The fourth-order valence-electron chi connectivity index (χ4n) is 2.22. The molecule has 2 N–H and O–H groups in total. The number of amides is 3. The molecule has 1 atom stereocenters. The monoisotopic (exact) mass is 299 g/mol. The normalized spacial score (nSPS) is 16.5. The maximum Gasteiger partial charge on any atom is 0.326 e. The van der Waals surface area contributed by atoms with Crippen LogP contribution in [0.15, 0.2) is 0 Å². The number of urea groups is 1. The van der Waals surface area contributed by atoms with E-state index in [4.69, 9.17) is 0 Å². The predicted molar refractivity (Wildman–Crippen MR) is 77.9 cm³/mol. The molecule has 3 amide bonds. The van der Waals surface area contributed by atoms with Gasteiger partial charge < -0.3 is 20.2 Å². The summed E-state index contributed by atoms with van der Waals surface area (Å²) < 4.78 is 0. The molecule has 0 saturated carbocycles. The number of carbonyl (C=O) groups is 3. The van der Waals surface area contributed by atoms with E-state index >= 15 is 0 Å². The van der Waals surface area contributed by atoms with Crippen molar-refractivity contribution in [2.45, 2.75) is 39.7 Å². The van der Waals surface area contributed by atoms with Crippen LogP contribution in [0.2, 0.25) is 0 Å². The first-order chi connectivity index (χ1) is 9.62. The third-order valence-corrected chi connectivity index (χ3v) is 3.56. The standard InChI is InChI=1S/C14H25N3O4/c1-14(2,3)11(12(19)20)15-13(21)16(4)9-10(18)17-7-5-6-8-17/h11H,5-9H2,1-4H3,(H,15,21)(H,19,20). The Hall–Kier alpha value is -1.79. The fraction of sp³-hybridized carbons (Fsp3) is 0.786. The van der Waals surface area contributed by atoms with Crippen LogP contribution in [0.4, 0.5) is 4.79 Å².